The van der Waals surface area contributed by atoms with Crippen LogP contribution >= 0.6 is 0 Å². The fourth-order valence-electron chi connectivity index (χ4n) is 1.36. The van der Waals surface area contributed by atoms with E-state index >= 15 is 0 Å². The van der Waals surface area contributed by atoms with Crippen LogP contribution in [0.3, 0.4) is 0 Å². The fraction of sp³-hybridized carbons (Fsp3) is 0.667. The lowest BCUT2D eigenvalue weighted by molar-refractivity contribution is -0.390. The first kappa shape index (κ1) is 19.9. The van der Waals surface area contributed by atoms with Gasteiger partial charge in [-0.1, -0.05) is 12.2 Å². The number of rotatable bonds is 10. The topological polar surface area (TPSA) is 9.23 Å². The van der Waals surface area contributed by atoms with Crippen molar-refractivity contribution in [2.75, 3.05) is 13.3 Å². The molecule has 0 aromatic heterocycles. The molecule has 0 rings (SSSR count). The standard InChI is InChI=1S/C12H14F8O/c1-3-5-11(19,9(15,16)7-13)21-12(20,6-4-2)10(17,18)8-14/h3-4H,1-2,5-8H2. The normalized spacial score (nSPS) is 18.7. The second kappa shape index (κ2) is 6.76. The zero-order valence-corrected chi connectivity index (χ0v) is 10.8. The Balaban J connectivity index is 5.75. The first-order valence-electron chi connectivity index (χ1n) is 5.62. The van der Waals surface area contributed by atoms with Crippen LogP contribution in [0.5, 0.6) is 0 Å². The molecule has 0 saturated carbocycles. The Bertz CT molecular complexity index is 338. The molecular weight excluding hydrogens is 312 g/mol. The predicted molar refractivity (Wildman–Crippen MR) is 60.2 cm³/mol. The molecule has 0 radical (unpaired) electrons. The predicted octanol–water partition coefficient (Wildman–Crippen LogP) is 4.70. The maximum atomic E-state index is 14.0. The second-order valence-electron chi connectivity index (χ2n) is 4.22. The van der Waals surface area contributed by atoms with Crippen molar-refractivity contribution in [2.24, 2.45) is 0 Å². The van der Waals surface area contributed by atoms with Gasteiger partial charge in [0.25, 0.3) is 11.7 Å². The van der Waals surface area contributed by atoms with Crippen LogP contribution in [0.4, 0.5) is 35.1 Å². The van der Waals surface area contributed by atoms with Crippen molar-refractivity contribution in [3.05, 3.63) is 25.3 Å². The Kier molecular flexibility index (Phi) is 6.40. The molecule has 9 heteroatoms. The van der Waals surface area contributed by atoms with Gasteiger partial charge in [0.05, 0.1) is 0 Å². The Hall–Kier alpha value is -1.12. The number of alkyl halides is 8. The van der Waals surface area contributed by atoms with Crippen LogP contribution in [0, 0.1) is 0 Å². The molecule has 0 aliphatic rings. The highest BCUT2D eigenvalue weighted by molar-refractivity contribution is 4.98. The monoisotopic (exact) mass is 326 g/mol. The van der Waals surface area contributed by atoms with E-state index in [9.17, 15) is 35.1 Å². The molecule has 1 nitrogen and oxygen atoms in total. The molecule has 0 heterocycles. The SMILES string of the molecule is C=CCC(F)(OC(F)(CC=C)C(F)(F)CF)C(F)(F)CF. The summed E-state index contributed by atoms with van der Waals surface area (Å²) in [4.78, 5) is 0. The Labute approximate surface area is 116 Å². The quantitative estimate of drug-likeness (QED) is 0.418. The summed E-state index contributed by atoms with van der Waals surface area (Å²) >= 11 is 0. The highest BCUT2D eigenvalue weighted by Gasteiger charge is 2.65. The second-order valence-corrected chi connectivity index (χ2v) is 4.22. The number of ether oxygens (including phenoxy) is 1. The molecular formula is C12H14F8O. The van der Waals surface area contributed by atoms with Crippen LogP contribution in [-0.2, 0) is 4.74 Å². The summed E-state index contributed by atoms with van der Waals surface area (Å²) in [5.74, 6) is -18.8. The van der Waals surface area contributed by atoms with Crippen LogP contribution in [0.2, 0.25) is 0 Å². The number of hydrogen-bond acceptors (Lipinski definition) is 1. The molecule has 124 valence electrons. The van der Waals surface area contributed by atoms with Gasteiger partial charge in [0, 0.05) is 12.8 Å². The third-order valence-electron chi connectivity index (χ3n) is 2.57. The molecule has 0 saturated heterocycles. The van der Waals surface area contributed by atoms with Crippen molar-refractivity contribution in [3.63, 3.8) is 0 Å². The number of halogens is 8. The van der Waals surface area contributed by atoms with Crippen molar-refractivity contribution in [3.8, 4) is 0 Å². The minimum absolute atomic E-state index is 0.464. The van der Waals surface area contributed by atoms with Crippen LogP contribution in [0.25, 0.3) is 0 Å². The lowest BCUT2D eigenvalue weighted by Gasteiger charge is -2.39. The van der Waals surface area contributed by atoms with Gasteiger partial charge in [-0.05, 0) is 0 Å². The van der Waals surface area contributed by atoms with Crippen molar-refractivity contribution in [1.82, 2.24) is 0 Å². The molecule has 0 bridgehead atoms. The lowest BCUT2D eigenvalue weighted by Crippen LogP contribution is -2.58. The van der Waals surface area contributed by atoms with E-state index in [0.717, 1.165) is 0 Å². The molecule has 0 aliphatic heterocycles. The first-order valence-corrected chi connectivity index (χ1v) is 5.62. The largest absolute Gasteiger partial charge is 0.333 e. The highest BCUT2D eigenvalue weighted by atomic mass is 19.3. The van der Waals surface area contributed by atoms with Gasteiger partial charge in [0.15, 0.2) is 13.3 Å². The van der Waals surface area contributed by atoms with E-state index in [-0.39, 0.29) is 0 Å². The molecule has 0 aromatic carbocycles. The third kappa shape index (κ3) is 3.96. The minimum Gasteiger partial charge on any atom is -0.298 e. The maximum absolute atomic E-state index is 14.0. The summed E-state index contributed by atoms with van der Waals surface area (Å²) in [5.41, 5.74) is 0. The van der Waals surface area contributed by atoms with Gasteiger partial charge < -0.3 is 0 Å². The summed E-state index contributed by atoms with van der Waals surface area (Å²) in [7, 11) is 0. The molecule has 2 atom stereocenters. The fourth-order valence-corrected chi connectivity index (χ4v) is 1.36. The van der Waals surface area contributed by atoms with Crippen LogP contribution in [-0.4, -0.2) is 36.9 Å². The van der Waals surface area contributed by atoms with Crippen LogP contribution in [0.15, 0.2) is 25.3 Å². The molecule has 2 unspecified atom stereocenters. The summed E-state index contributed by atoms with van der Waals surface area (Å²) < 4.78 is 109. The highest BCUT2D eigenvalue weighted by Crippen LogP contribution is 2.47. The Morgan fingerprint density at radius 2 is 1.00 bits per heavy atom. The Morgan fingerprint density at radius 1 is 0.714 bits per heavy atom. The summed E-state index contributed by atoms with van der Waals surface area (Å²) in [6.45, 7) is 0.471. The molecule has 0 spiro atoms. The lowest BCUT2D eigenvalue weighted by atomic mass is 10.0. The van der Waals surface area contributed by atoms with Gasteiger partial charge in [0.1, 0.15) is 0 Å². The van der Waals surface area contributed by atoms with E-state index < -0.39 is 49.7 Å². The van der Waals surface area contributed by atoms with Gasteiger partial charge in [-0.15, -0.1) is 13.2 Å². The van der Waals surface area contributed by atoms with Gasteiger partial charge in [-0.3, -0.25) is 4.74 Å². The van der Waals surface area contributed by atoms with Crippen LogP contribution in [0.1, 0.15) is 12.8 Å². The maximum Gasteiger partial charge on any atom is 0.333 e. The average molecular weight is 326 g/mol. The molecule has 0 aromatic rings. The van der Waals surface area contributed by atoms with Crippen molar-refractivity contribution < 1.29 is 39.9 Å². The first-order chi connectivity index (χ1) is 9.45. The summed E-state index contributed by atoms with van der Waals surface area (Å²) in [5, 5.41) is 0. The van der Waals surface area contributed by atoms with E-state index in [1.54, 1.807) is 0 Å². The third-order valence-corrected chi connectivity index (χ3v) is 2.57. The van der Waals surface area contributed by atoms with E-state index in [2.05, 4.69) is 17.9 Å². The Morgan fingerprint density at radius 3 is 1.19 bits per heavy atom. The molecule has 0 N–H and O–H groups in total. The van der Waals surface area contributed by atoms with Gasteiger partial charge in [-0.25, -0.2) is 17.6 Å². The van der Waals surface area contributed by atoms with E-state index in [1.165, 1.54) is 0 Å². The smallest absolute Gasteiger partial charge is 0.298 e. The average Bonchev–Trinajstić information content (AvgIpc) is 2.38. The zero-order chi connectivity index (χ0) is 16.9. The zero-order valence-electron chi connectivity index (χ0n) is 10.8. The van der Waals surface area contributed by atoms with Gasteiger partial charge >= 0.3 is 11.8 Å². The van der Waals surface area contributed by atoms with Gasteiger partial charge in [0.2, 0.25) is 0 Å². The molecule has 0 amide bonds. The van der Waals surface area contributed by atoms with E-state index in [1.807, 2.05) is 0 Å². The van der Waals surface area contributed by atoms with E-state index in [0.29, 0.717) is 12.2 Å². The number of hydrogen-bond donors (Lipinski definition) is 0. The van der Waals surface area contributed by atoms with E-state index in [4.69, 9.17) is 0 Å². The minimum atomic E-state index is -4.94. The van der Waals surface area contributed by atoms with Crippen molar-refractivity contribution >= 4 is 0 Å². The molecule has 0 fully saturated rings. The van der Waals surface area contributed by atoms with Crippen molar-refractivity contribution in [2.45, 2.75) is 36.4 Å². The summed E-state index contributed by atoms with van der Waals surface area (Å²) in [6, 6.07) is 0. The molecule has 21 heavy (non-hydrogen) atoms. The molecule has 0 aliphatic carbocycles. The summed E-state index contributed by atoms with van der Waals surface area (Å²) in [6.07, 6.45) is -2.05. The van der Waals surface area contributed by atoms with Crippen molar-refractivity contribution in [1.29, 1.82) is 0 Å². The van der Waals surface area contributed by atoms with Gasteiger partial charge in [-0.2, -0.15) is 17.6 Å². The van der Waals surface area contributed by atoms with Crippen LogP contribution < -0.4 is 0 Å².